The van der Waals surface area contributed by atoms with Gasteiger partial charge in [-0.1, -0.05) is 43.2 Å². The van der Waals surface area contributed by atoms with E-state index in [1.165, 1.54) is 5.56 Å². The summed E-state index contributed by atoms with van der Waals surface area (Å²) in [4.78, 5) is 0. The van der Waals surface area contributed by atoms with Crippen molar-refractivity contribution in [2.75, 3.05) is 21.1 Å². The molecule has 0 aliphatic rings. The topological polar surface area (TPSA) is 12.4 Å². The van der Waals surface area contributed by atoms with Crippen molar-refractivity contribution in [1.29, 1.82) is 0 Å². The fraction of sp³-hybridized carbons (Fsp3) is 0.462. The molecular formula is C13H21N2+. The molecular weight excluding hydrogens is 184 g/mol. The van der Waals surface area contributed by atoms with E-state index in [1.54, 1.807) is 0 Å². The maximum absolute atomic E-state index is 4.41. The number of hydrogen-bond acceptors (Lipinski definition) is 1. The molecule has 0 bridgehead atoms. The van der Waals surface area contributed by atoms with E-state index in [4.69, 9.17) is 0 Å². The van der Waals surface area contributed by atoms with Crippen molar-refractivity contribution in [1.82, 2.24) is 0 Å². The van der Waals surface area contributed by atoms with E-state index in [0.717, 1.165) is 5.56 Å². The van der Waals surface area contributed by atoms with Crippen molar-refractivity contribution >= 4 is 6.21 Å². The van der Waals surface area contributed by atoms with Gasteiger partial charge >= 0.3 is 0 Å². The summed E-state index contributed by atoms with van der Waals surface area (Å²) in [6.07, 6.45) is 1.92. The Morgan fingerprint density at radius 2 is 1.60 bits per heavy atom. The van der Waals surface area contributed by atoms with E-state index in [-0.39, 0.29) is 0 Å². The Bertz CT molecular complexity index is 329. The fourth-order valence-corrected chi connectivity index (χ4v) is 1.21. The van der Waals surface area contributed by atoms with Crippen LogP contribution >= 0.6 is 0 Å². The maximum atomic E-state index is 4.41. The Kier molecular flexibility index (Phi) is 3.64. The second-order valence-electron chi connectivity index (χ2n) is 5.01. The Balaban J connectivity index is 2.77. The molecule has 0 atom stereocenters. The molecule has 0 fully saturated rings. The van der Waals surface area contributed by atoms with Crippen LogP contribution < -0.4 is 0 Å². The largest absolute Gasteiger partial charge is 0.205 e. The van der Waals surface area contributed by atoms with Gasteiger partial charge in [0.05, 0.1) is 27.4 Å². The van der Waals surface area contributed by atoms with Gasteiger partial charge in [0, 0.05) is 0 Å². The molecule has 0 aliphatic carbocycles. The third-order valence-corrected chi connectivity index (χ3v) is 2.16. The van der Waals surface area contributed by atoms with E-state index >= 15 is 0 Å². The molecule has 0 aliphatic heterocycles. The summed E-state index contributed by atoms with van der Waals surface area (Å²) in [6.45, 7) is 4.41. The number of quaternary nitrogens is 1. The summed E-state index contributed by atoms with van der Waals surface area (Å²) < 4.78 is 0.603. The molecule has 1 aromatic rings. The SMILES string of the molecule is CC(C)c1ccc(/C=N\[N+](C)(C)C)cc1. The van der Waals surface area contributed by atoms with E-state index in [9.17, 15) is 0 Å². The molecule has 2 heteroatoms. The summed E-state index contributed by atoms with van der Waals surface area (Å²) in [7, 11) is 6.12. The molecule has 0 amide bonds. The smallest absolute Gasteiger partial charge is 0.0923 e. The number of rotatable bonds is 3. The lowest BCUT2D eigenvalue weighted by Crippen LogP contribution is -2.27. The normalized spacial score (nSPS) is 12.7. The molecule has 0 unspecified atom stereocenters. The van der Waals surface area contributed by atoms with Crippen LogP contribution in [0.3, 0.4) is 0 Å². The van der Waals surface area contributed by atoms with Gasteiger partial charge in [-0.15, -0.1) is 0 Å². The van der Waals surface area contributed by atoms with Crippen molar-refractivity contribution in [3.05, 3.63) is 35.4 Å². The minimum absolute atomic E-state index is 0.592. The number of hydrogen-bond donors (Lipinski definition) is 0. The Hall–Kier alpha value is -1.15. The molecule has 0 saturated heterocycles. The first kappa shape index (κ1) is 11.9. The third kappa shape index (κ3) is 4.26. The van der Waals surface area contributed by atoms with Gasteiger partial charge in [0.2, 0.25) is 0 Å². The first-order valence-corrected chi connectivity index (χ1v) is 5.35. The van der Waals surface area contributed by atoms with E-state index in [2.05, 4.69) is 43.2 Å². The first-order chi connectivity index (χ1) is 6.88. The van der Waals surface area contributed by atoms with E-state index in [1.807, 2.05) is 27.4 Å². The molecule has 0 heterocycles. The van der Waals surface area contributed by atoms with Crippen molar-refractivity contribution in [2.45, 2.75) is 19.8 Å². The molecule has 1 rings (SSSR count). The molecule has 1 aromatic carbocycles. The van der Waals surface area contributed by atoms with Gasteiger partial charge in [-0.3, -0.25) is 0 Å². The lowest BCUT2D eigenvalue weighted by Gasteiger charge is -2.14. The van der Waals surface area contributed by atoms with Crippen LogP contribution in [0, 0.1) is 0 Å². The van der Waals surface area contributed by atoms with Gasteiger partial charge in [0.15, 0.2) is 0 Å². The quantitative estimate of drug-likeness (QED) is 0.409. The highest BCUT2D eigenvalue weighted by Crippen LogP contribution is 2.13. The van der Waals surface area contributed by atoms with Crippen LogP contribution in [0.5, 0.6) is 0 Å². The summed E-state index contributed by atoms with van der Waals surface area (Å²) in [5.74, 6) is 0.592. The van der Waals surface area contributed by atoms with Gasteiger partial charge < -0.3 is 0 Å². The zero-order valence-corrected chi connectivity index (χ0v) is 10.4. The molecule has 15 heavy (non-hydrogen) atoms. The minimum Gasteiger partial charge on any atom is -0.205 e. The summed E-state index contributed by atoms with van der Waals surface area (Å²) >= 11 is 0. The van der Waals surface area contributed by atoms with E-state index < -0.39 is 0 Å². The first-order valence-electron chi connectivity index (χ1n) is 5.35. The molecule has 0 saturated carbocycles. The van der Waals surface area contributed by atoms with Crippen molar-refractivity contribution < 1.29 is 4.59 Å². The Morgan fingerprint density at radius 1 is 1.07 bits per heavy atom. The minimum atomic E-state index is 0.592. The van der Waals surface area contributed by atoms with Crippen LogP contribution in [-0.2, 0) is 0 Å². The monoisotopic (exact) mass is 205 g/mol. The van der Waals surface area contributed by atoms with Crippen molar-refractivity contribution in [3.8, 4) is 0 Å². The third-order valence-electron chi connectivity index (χ3n) is 2.16. The zero-order chi connectivity index (χ0) is 11.5. The van der Waals surface area contributed by atoms with Crippen LogP contribution in [0.4, 0.5) is 0 Å². The van der Waals surface area contributed by atoms with E-state index in [0.29, 0.717) is 10.5 Å². The highest BCUT2D eigenvalue weighted by atomic mass is 15.6. The fourth-order valence-electron chi connectivity index (χ4n) is 1.21. The highest BCUT2D eigenvalue weighted by molar-refractivity contribution is 5.79. The number of nitrogens with zero attached hydrogens (tertiary/aromatic N) is 2. The second kappa shape index (κ2) is 4.58. The molecule has 2 nitrogen and oxygen atoms in total. The lowest BCUT2D eigenvalue weighted by atomic mass is 10.0. The van der Waals surface area contributed by atoms with Crippen LogP contribution in [-0.4, -0.2) is 31.9 Å². The average Bonchev–Trinajstić information content (AvgIpc) is 2.14. The summed E-state index contributed by atoms with van der Waals surface area (Å²) in [5.41, 5.74) is 2.53. The Labute approximate surface area is 92.8 Å². The average molecular weight is 205 g/mol. The highest BCUT2D eigenvalue weighted by Gasteiger charge is 2.02. The van der Waals surface area contributed by atoms with Crippen LogP contribution in [0.15, 0.2) is 29.4 Å². The molecule has 82 valence electrons. The molecule has 0 spiro atoms. The maximum Gasteiger partial charge on any atom is 0.0923 e. The van der Waals surface area contributed by atoms with Crippen molar-refractivity contribution in [2.24, 2.45) is 5.10 Å². The van der Waals surface area contributed by atoms with Gasteiger partial charge in [-0.25, -0.2) is 4.59 Å². The molecule has 0 radical (unpaired) electrons. The molecule has 0 N–H and O–H groups in total. The summed E-state index contributed by atoms with van der Waals surface area (Å²) in [6, 6.07) is 8.58. The predicted molar refractivity (Wildman–Crippen MR) is 66.2 cm³/mol. The van der Waals surface area contributed by atoms with Crippen LogP contribution in [0.2, 0.25) is 0 Å². The van der Waals surface area contributed by atoms with Crippen LogP contribution in [0.1, 0.15) is 30.9 Å². The number of benzene rings is 1. The van der Waals surface area contributed by atoms with Gasteiger partial charge in [0.1, 0.15) is 0 Å². The second-order valence-corrected chi connectivity index (χ2v) is 5.01. The predicted octanol–water partition coefficient (Wildman–Crippen LogP) is 2.85. The zero-order valence-electron chi connectivity index (χ0n) is 10.4. The standard InChI is InChI=1S/C13H21N2/c1-11(2)13-8-6-12(7-9-13)10-14-15(3,4)5/h6-11H,1-5H3/q+1/b14-10-. The van der Waals surface area contributed by atoms with Gasteiger partial charge in [-0.05, 0) is 17.0 Å². The Morgan fingerprint density at radius 3 is 2.00 bits per heavy atom. The molecule has 0 aromatic heterocycles. The van der Waals surface area contributed by atoms with Crippen LogP contribution in [0.25, 0.3) is 0 Å². The van der Waals surface area contributed by atoms with Gasteiger partial charge in [-0.2, -0.15) is 0 Å². The van der Waals surface area contributed by atoms with Gasteiger partial charge in [0.25, 0.3) is 0 Å². The summed E-state index contributed by atoms with van der Waals surface area (Å²) in [5, 5.41) is 4.41. The van der Waals surface area contributed by atoms with Crippen molar-refractivity contribution in [3.63, 3.8) is 0 Å². The lowest BCUT2D eigenvalue weighted by molar-refractivity contribution is -0.876.